The number of thiophene rings is 1. The van der Waals surface area contributed by atoms with Crippen molar-refractivity contribution in [2.45, 2.75) is 13.8 Å². The highest BCUT2D eigenvalue weighted by Gasteiger charge is 2.23. The third-order valence-corrected chi connectivity index (χ3v) is 5.23. The quantitative estimate of drug-likeness (QED) is 0.734. The molecular weight excluding hydrogens is 362 g/mol. The van der Waals surface area contributed by atoms with Crippen molar-refractivity contribution in [1.82, 2.24) is 9.80 Å². The van der Waals surface area contributed by atoms with E-state index in [1.165, 1.54) is 21.1 Å². The summed E-state index contributed by atoms with van der Waals surface area (Å²) < 4.78 is 0. The molecule has 0 atom stereocenters. The number of nitrogens with zero attached hydrogens (tertiary/aromatic N) is 3. The normalized spacial score (nSPS) is 10.4. The average molecular weight is 388 g/mol. The van der Waals surface area contributed by atoms with Crippen LogP contribution in [-0.4, -0.2) is 61.3 Å². The highest BCUT2D eigenvalue weighted by Crippen LogP contribution is 2.23. The van der Waals surface area contributed by atoms with Crippen LogP contribution in [0.2, 0.25) is 0 Å². The summed E-state index contributed by atoms with van der Waals surface area (Å²) in [5.41, 5.74) is 0.905. The van der Waals surface area contributed by atoms with Gasteiger partial charge in [-0.2, -0.15) is 0 Å². The smallest absolute Gasteiger partial charge is 0.268 e. The lowest BCUT2D eigenvalue weighted by Gasteiger charge is -2.25. The van der Waals surface area contributed by atoms with E-state index < -0.39 is 0 Å². The summed E-state index contributed by atoms with van der Waals surface area (Å²) in [5, 5.41) is 1.84. The highest BCUT2D eigenvalue weighted by atomic mass is 32.1. The minimum Gasteiger partial charge on any atom is -0.342 e. The van der Waals surface area contributed by atoms with Crippen molar-refractivity contribution in [1.29, 1.82) is 0 Å². The Labute approximate surface area is 164 Å². The van der Waals surface area contributed by atoms with Crippen molar-refractivity contribution in [3.63, 3.8) is 0 Å². The van der Waals surface area contributed by atoms with Gasteiger partial charge in [-0.1, -0.05) is 18.2 Å². The second-order valence-electron chi connectivity index (χ2n) is 6.09. The van der Waals surface area contributed by atoms with Gasteiger partial charge < -0.3 is 14.7 Å². The number of hydrogen-bond acceptors (Lipinski definition) is 4. The van der Waals surface area contributed by atoms with Crippen molar-refractivity contribution >= 4 is 34.7 Å². The molecule has 144 valence electrons. The Balaban J connectivity index is 2.22. The second kappa shape index (κ2) is 9.32. The molecule has 7 heteroatoms. The average Bonchev–Trinajstić information content (AvgIpc) is 3.22. The van der Waals surface area contributed by atoms with E-state index in [2.05, 4.69) is 0 Å². The topological polar surface area (TPSA) is 60.9 Å². The van der Waals surface area contributed by atoms with Crippen LogP contribution in [0.25, 0.3) is 0 Å². The first kappa shape index (κ1) is 20.6. The van der Waals surface area contributed by atoms with Gasteiger partial charge in [0.15, 0.2) is 0 Å². The molecule has 0 bridgehead atoms. The van der Waals surface area contributed by atoms with Gasteiger partial charge in [0.2, 0.25) is 5.91 Å². The van der Waals surface area contributed by atoms with E-state index in [9.17, 15) is 14.4 Å². The largest absolute Gasteiger partial charge is 0.342 e. The summed E-state index contributed by atoms with van der Waals surface area (Å²) in [4.78, 5) is 43.0. The van der Waals surface area contributed by atoms with Gasteiger partial charge in [0.1, 0.15) is 0 Å². The van der Waals surface area contributed by atoms with Gasteiger partial charge in [-0.05, 0) is 37.4 Å². The minimum atomic E-state index is -0.295. The van der Waals surface area contributed by atoms with E-state index in [1.807, 2.05) is 25.3 Å². The van der Waals surface area contributed by atoms with E-state index in [4.69, 9.17) is 0 Å². The second-order valence-corrected chi connectivity index (χ2v) is 7.03. The van der Waals surface area contributed by atoms with Gasteiger partial charge in [0, 0.05) is 27.2 Å². The number of carbonyl (C=O) groups is 3. The minimum absolute atomic E-state index is 0.00255. The van der Waals surface area contributed by atoms with Crippen LogP contribution in [0.5, 0.6) is 0 Å². The first-order valence-corrected chi connectivity index (χ1v) is 9.72. The molecule has 0 saturated heterocycles. The van der Waals surface area contributed by atoms with Crippen LogP contribution in [0.15, 0.2) is 41.8 Å². The van der Waals surface area contributed by atoms with Crippen molar-refractivity contribution in [3.8, 4) is 0 Å². The molecule has 2 aromatic rings. The molecule has 3 amide bonds. The van der Waals surface area contributed by atoms with Gasteiger partial charge in [0.25, 0.3) is 11.8 Å². The zero-order chi connectivity index (χ0) is 20.0. The number of amides is 3. The Morgan fingerprint density at radius 2 is 1.59 bits per heavy atom. The first-order valence-electron chi connectivity index (χ1n) is 8.84. The maximum absolute atomic E-state index is 12.9. The molecule has 6 nitrogen and oxygen atoms in total. The standard InChI is InChI=1S/C20H25N3O3S/c1-5-23(6-2)18(24)14-21(3)19(25)15-10-7-8-11-16(15)22(4)20(26)17-12-9-13-27-17/h7-13H,5-6,14H2,1-4H3. The summed E-state index contributed by atoms with van der Waals surface area (Å²) in [6.07, 6.45) is 0. The third kappa shape index (κ3) is 4.74. The van der Waals surface area contributed by atoms with E-state index in [0.717, 1.165) is 0 Å². The Kier molecular flexibility index (Phi) is 7.12. The van der Waals surface area contributed by atoms with E-state index >= 15 is 0 Å². The molecular formula is C20H25N3O3S. The number of rotatable bonds is 7. The van der Waals surface area contributed by atoms with Crippen LogP contribution < -0.4 is 4.90 Å². The molecule has 0 radical (unpaired) electrons. The van der Waals surface area contributed by atoms with Gasteiger partial charge in [-0.15, -0.1) is 11.3 Å². The van der Waals surface area contributed by atoms with Crippen molar-refractivity contribution in [2.24, 2.45) is 0 Å². The lowest BCUT2D eigenvalue weighted by atomic mass is 10.1. The number of hydrogen-bond donors (Lipinski definition) is 0. The lowest BCUT2D eigenvalue weighted by Crippen LogP contribution is -2.41. The fourth-order valence-corrected chi connectivity index (χ4v) is 3.48. The molecule has 0 spiro atoms. The summed E-state index contributed by atoms with van der Waals surface area (Å²) in [7, 11) is 3.25. The summed E-state index contributed by atoms with van der Waals surface area (Å²) in [6.45, 7) is 5.02. The summed E-state index contributed by atoms with van der Waals surface area (Å²) >= 11 is 1.35. The molecule has 0 aliphatic heterocycles. The molecule has 27 heavy (non-hydrogen) atoms. The third-order valence-electron chi connectivity index (χ3n) is 4.37. The van der Waals surface area contributed by atoms with Gasteiger partial charge in [-0.25, -0.2) is 0 Å². The van der Waals surface area contributed by atoms with Crippen molar-refractivity contribution < 1.29 is 14.4 Å². The van der Waals surface area contributed by atoms with Gasteiger partial charge >= 0.3 is 0 Å². The SMILES string of the molecule is CCN(CC)C(=O)CN(C)C(=O)c1ccccc1N(C)C(=O)c1cccs1. The van der Waals surface area contributed by atoms with Gasteiger partial charge in [0.05, 0.1) is 22.7 Å². The molecule has 1 aromatic carbocycles. The first-order chi connectivity index (χ1) is 12.9. The fraction of sp³-hybridized carbons (Fsp3) is 0.350. The van der Waals surface area contributed by atoms with Crippen molar-refractivity contribution in [2.75, 3.05) is 38.6 Å². The van der Waals surface area contributed by atoms with Crippen LogP contribution in [0.1, 0.15) is 33.9 Å². The van der Waals surface area contributed by atoms with E-state index in [1.54, 1.807) is 49.3 Å². The Bertz CT molecular complexity index is 801. The maximum atomic E-state index is 12.9. The number of carbonyl (C=O) groups excluding carboxylic acids is 3. The van der Waals surface area contributed by atoms with E-state index in [0.29, 0.717) is 29.2 Å². The van der Waals surface area contributed by atoms with Crippen LogP contribution in [0.3, 0.4) is 0 Å². The van der Waals surface area contributed by atoms with Crippen LogP contribution >= 0.6 is 11.3 Å². The number of para-hydroxylation sites is 1. The van der Waals surface area contributed by atoms with Gasteiger partial charge in [-0.3, -0.25) is 14.4 Å². The lowest BCUT2D eigenvalue weighted by molar-refractivity contribution is -0.131. The van der Waals surface area contributed by atoms with Crippen molar-refractivity contribution in [3.05, 3.63) is 52.2 Å². The molecule has 0 N–H and O–H groups in total. The predicted octanol–water partition coefficient (Wildman–Crippen LogP) is 2.97. The Hall–Kier alpha value is -2.67. The van der Waals surface area contributed by atoms with E-state index in [-0.39, 0.29) is 24.3 Å². The molecule has 0 saturated carbocycles. The number of anilines is 1. The zero-order valence-electron chi connectivity index (χ0n) is 16.1. The molecule has 1 aromatic heterocycles. The summed E-state index contributed by atoms with van der Waals surface area (Å²) in [6, 6.07) is 10.5. The monoisotopic (exact) mass is 387 g/mol. The van der Waals surface area contributed by atoms with Crippen LogP contribution in [-0.2, 0) is 4.79 Å². The predicted molar refractivity (Wildman–Crippen MR) is 108 cm³/mol. The molecule has 0 aliphatic carbocycles. The molecule has 0 fully saturated rings. The fourth-order valence-electron chi connectivity index (χ4n) is 2.78. The highest BCUT2D eigenvalue weighted by molar-refractivity contribution is 7.12. The molecule has 0 aliphatic rings. The number of likely N-dealkylation sites (N-methyl/N-ethyl adjacent to an activating group) is 2. The molecule has 0 unspecified atom stereocenters. The Morgan fingerprint density at radius 1 is 0.926 bits per heavy atom. The van der Waals surface area contributed by atoms with Crippen LogP contribution in [0, 0.1) is 0 Å². The maximum Gasteiger partial charge on any atom is 0.268 e. The summed E-state index contributed by atoms with van der Waals surface area (Å²) in [5.74, 6) is -0.569. The molecule has 1 heterocycles. The Morgan fingerprint density at radius 3 is 2.19 bits per heavy atom. The number of benzene rings is 1. The molecule has 2 rings (SSSR count). The van der Waals surface area contributed by atoms with Crippen LogP contribution in [0.4, 0.5) is 5.69 Å². The zero-order valence-corrected chi connectivity index (χ0v) is 17.0.